The highest BCUT2D eigenvalue weighted by Crippen LogP contribution is 2.43. The lowest BCUT2D eigenvalue weighted by Gasteiger charge is -2.26. The van der Waals surface area contributed by atoms with Crippen molar-refractivity contribution < 1.29 is 4.42 Å². The first-order valence-corrected chi connectivity index (χ1v) is 20.8. The van der Waals surface area contributed by atoms with Gasteiger partial charge in [0.1, 0.15) is 11.2 Å². The molecule has 2 heterocycles. The predicted octanol–water partition coefficient (Wildman–Crippen LogP) is 16.3. The lowest BCUT2D eigenvalue weighted by atomic mass is 9.98. The summed E-state index contributed by atoms with van der Waals surface area (Å²) >= 11 is 0. The van der Waals surface area contributed by atoms with Crippen LogP contribution in [-0.2, 0) is 0 Å². The van der Waals surface area contributed by atoms with Gasteiger partial charge in [0.25, 0.3) is 0 Å². The molecular weight excluding hydrogens is 741 g/mol. The predicted molar refractivity (Wildman–Crippen MR) is 257 cm³/mol. The summed E-state index contributed by atoms with van der Waals surface area (Å²) in [5.41, 5.74) is 15.4. The van der Waals surface area contributed by atoms with Crippen molar-refractivity contribution in [3.8, 4) is 39.1 Å². The maximum atomic E-state index is 6.73. The fourth-order valence-electron chi connectivity index (χ4n) is 9.30. The quantitative estimate of drug-likeness (QED) is 0.161. The molecule has 0 atom stereocenters. The first-order valence-electron chi connectivity index (χ1n) is 20.8. The van der Waals surface area contributed by atoms with Gasteiger partial charge in [0.05, 0.1) is 11.0 Å². The van der Waals surface area contributed by atoms with E-state index in [1.165, 1.54) is 54.8 Å². The molecule has 0 unspecified atom stereocenters. The third-order valence-electron chi connectivity index (χ3n) is 12.2. The number of hydrogen-bond donors (Lipinski definition) is 0. The molecule has 0 saturated carbocycles. The van der Waals surface area contributed by atoms with E-state index in [1.807, 2.05) is 6.07 Å². The zero-order chi connectivity index (χ0) is 40.3. The molecule has 10 aromatic carbocycles. The molecule has 0 aliphatic heterocycles. The zero-order valence-electron chi connectivity index (χ0n) is 33.2. The third kappa shape index (κ3) is 5.90. The molecule has 61 heavy (non-hydrogen) atoms. The summed E-state index contributed by atoms with van der Waals surface area (Å²) in [6, 6.07) is 82.8. The van der Waals surface area contributed by atoms with Crippen molar-refractivity contribution in [3.63, 3.8) is 0 Å². The van der Waals surface area contributed by atoms with Crippen molar-refractivity contribution in [3.05, 3.63) is 231 Å². The van der Waals surface area contributed by atoms with Gasteiger partial charge < -0.3 is 13.9 Å². The first kappa shape index (κ1) is 34.9. The smallest absolute Gasteiger partial charge is 0.143 e. The van der Waals surface area contributed by atoms with Gasteiger partial charge in [-0.25, -0.2) is 0 Å². The van der Waals surface area contributed by atoms with Crippen LogP contribution in [-0.4, -0.2) is 4.57 Å². The Balaban J connectivity index is 1.01. The Kier molecular flexibility index (Phi) is 8.17. The summed E-state index contributed by atoms with van der Waals surface area (Å²) in [7, 11) is 0. The number of nitrogens with zero attached hydrogens (tertiary/aromatic N) is 2. The van der Waals surface area contributed by atoms with E-state index in [2.05, 4.69) is 234 Å². The Labute approximate surface area is 353 Å². The Hall–Kier alpha value is -8.14. The van der Waals surface area contributed by atoms with Crippen LogP contribution in [0.2, 0.25) is 0 Å². The minimum Gasteiger partial charge on any atom is -0.455 e. The average Bonchev–Trinajstić information content (AvgIpc) is 3.88. The molecule has 3 heteroatoms. The van der Waals surface area contributed by atoms with Crippen molar-refractivity contribution in [1.29, 1.82) is 0 Å². The molecule has 0 radical (unpaired) electrons. The molecule has 0 N–H and O–H groups in total. The van der Waals surface area contributed by atoms with Gasteiger partial charge in [0.2, 0.25) is 0 Å². The number of furan rings is 1. The van der Waals surface area contributed by atoms with Gasteiger partial charge in [-0.05, 0) is 105 Å². The maximum Gasteiger partial charge on any atom is 0.143 e. The Morgan fingerprint density at radius 3 is 1.67 bits per heavy atom. The number of para-hydroxylation sites is 3. The lowest BCUT2D eigenvalue weighted by molar-refractivity contribution is 0.670. The van der Waals surface area contributed by atoms with E-state index in [0.717, 1.165) is 55.8 Å². The van der Waals surface area contributed by atoms with E-state index >= 15 is 0 Å². The van der Waals surface area contributed by atoms with Crippen LogP contribution in [0, 0.1) is 0 Å². The van der Waals surface area contributed by atoms with E-state index in [0.29, 0.717) is 0 Å². The van der Waals surface area contributed by atoms with Crippen LogP contribution in [0.5, 0.6) is 0 Å². The van der Waals surface area contributed by atoms with E-state index < -0.39 is 0 Å². The van der Waals surface area contributed by atoms with Gasteiger partial charge in [-0.2, -0.15) is 0 Å². The van der Waals surface area contributed by atoms with Gasteiger partial charge in [-0.1, -0.05) is 164 Å². The van der Waals surface area contributed by atoms with Crippen molar-refractivity contribution >= 4 is 71.6 Å². The standard InChI is InChI=1S/C58H38N2O/c1-3-14-39(15-4-1)43-30-35-51-50-21-9-11-24-55(50)60(56(51)36-43)47-37-53(58-54(38-47)52-22-10-12-25-57(52)61-58)42-28-33-46(34-29-42)59(44-18-5-2-6-19-44)45-31-26-41(27-32-45)49-23-13-17-40-16-7-8-20-48(40)49/h1-38H. The number of hydrogen-bond acceptors (Lipinski definition) is 2. The second-order valence-electron chi connectivity index (χ2n) is 15.7. The van der Waals surface area contributed by atoms with Crippen LogP contribution in [0.15, 0.2) is 235 Å². The highest BCUT2D eigenvalue weighted by molar-refractivity contribution is 6.13. The summed E-state index contributed by atoms with van der Waals surface area (Å²) < 4.78 is 9.16. The van der Waals surface area contributed by atoms with Gasteiger partial charge in [0.15, 0.2) is 0 Å². The lowest BCUT2D eigenvalue weighted by Crippen LogP contribution is -2.09. The van der Waals surface area contributed by atoms with Crippen LogP contribution in [0.1, 0.15) is 0 Å². The molecule has 0 spiro atoms. The second kappa shape index (κ2) is 14.3. The minimum atomic E-state index is 0.878. The van der Waals surface area contributed by atoms with Crippen LogP contribution in [0.3, 0.4) is 0 Å². The highest BCUT2D eigenvalue weighted by atomic mass is 16.3. The van der Waals surface area contributed by atoms with Crippen LogP contribution in [0.25, 0.3) is 93.6 Å². The first-order chi connectivity index (χ1) is 30.2. The third-order valence-corrected chi connectivity index (χ3v) is 12.2. The fourth-order valence-corrected chi connectivity index (χ4v) is 9.30. The van der Waals surface area contributed by atoms with Crippen molar-refractivity contribution in [2.24, 2.45) is 0 Å². The van der Waals surface area contributed by atoms with Crippen LogP contribution < -0.4 is 4.90 Å². The topological polar surface area (TPSA) is 21.3 Å². The Morgan fingerprint density at radius 2 is 0.902 bits per heavy atom. The Bertz CT molecular complexity index is 3560. The summed E-state index contributed by atoms with van der Waals surface area (Å²) in [6.45, 7) is 0. The molecule has 2 aromatic heterocycles. The number of benzene rings is 10. The second-order valence-corrected chi connectivity index (χ2v) is 15.7. The minimum absolute atomic E-state index is 0.878. The highest BCUT2D eigenvalue weighted by Gasteiger charge is 2.20. The summed E-state index contributed by atoms with van der Waals surface area (Å²) in [4.78, 5) is 2.33. The summed E-state index contributed by atoms with van der Waals surface area (Å²) in [5.74, 6) is 0. The van der Waals surface area contributed by atoms with E-state index in [9.17, 15) is 0 Å². The summed E-state index contributed by atoms with van der Waals surface area (Å²) in [5, 5.41) is 7.15. The van der Waals surface area contributed by atoms with Crippen molar-refractivity contribution in [1.82, 2.24) is 4.57 Å². The van der Waals surface area contributed by atoms with Gasteiger partial charge in [-0.15, -0.1) is 0 Å². The summed E-state index contributed by atoms with van der Waals surface area (Å²) in [6.07, 6.45) is 0. The fraction of sp³-hybridized carbons (Fsp3) is 0. The molecule has 0 fully saturated rings. The number of aromatic nitrogens is 1. The maximum absolute atomic E-state index is 6.73. The van der Waals surface area contributed by atoms with Gasteiger partial charge in [-0.3, -0.25) is 0 Å². The molecule has 12 aromatic rings. The van der Waals surface area contributed by atoms with Crippen LogP contribution in [0.4, 0.5) is 17.1 Å². The van der Waals surface area contributed by atoms with E-state index in [4.69, 9.17) is 4.42 Å². The SMILES string of the molecule is c1ccc(-c2ccc3c4ccccc4n(-c4cc(-c5ccc(N(c6ccccc6)c6ccc(-c7cccc8ccccc78)cc6)cc5)c5oc6ccccc6c5c4)c3c2)cc1. The largest absolute Gasteiger partial charge is 0.455 e. The zero-order valence-corrected chi connectivity index (χ0v) is 33.2. The molecule has 286 valence electrons. The van der Waals surface area contributed by atoms with Gasteiger partial charge >= 0.3 is 0 Å². The average molecular weight is 779 g/mol. The number of fused-ring (bicyclic) bond motifs is 7. The monoisotopic (exact) mass is 778 g/mol. The molecule has 0 aliphatic carbocycles. The molecule has 3 nitrogen and oxygen atoms in total. The number of anilines is 3. The van der Waals surface area contributed by atoms with E-state index in [-0.39, 0.29) is 0 Å². The molecule has 0 aliphatic rings. The normalized spacial score (nSPS) is 11.6. The van der Waals surface area contributed by atoms with Crippen LogP contribution >= 0.6 is 0 Å². The van der Waals surface area contributed by atoms with Crippen molar-refractivity contribution in [2.75, 3.05) is 4.90 Å². The molecule has 0 bridgehead atoms. The Morgan fingerprint density at radius 1 is 0.328 bits per heavy atom. The number of rotatable bonds is 7. The molecule has 0 amide bonds. The van der Waals surface area contributed by atoms with Gasteiger partial charge in [0, 0.05) is 49.9 Å². The van der Waals surface area contributed by atoms with E-state index in [1.54, 1.807) is 0 Å². The molecule has 0 saturated heterocycles. The molecular formula is C58H38N2O. The molecule has 12 rings (SSSR count). The van der Waals surface area contributed by atoms with Crippen molar-refractivity contribution in [2.45, 2.75) is 0 Å².